The van der Waals surface area contributed by atoms with E-state index < -0.39 is 46.2 Å². The molecule has 2 aromatic carbocycles. The summed E-state index contributed by atoms with van der Waals surface area (Å²) in [5.74, 6) is -3.32. The van der Waals surface area contributed by atoms with Gasteiger partial charge in [-0.15, -0.1) is 0 Å². The lowest BCUT2D eigenvalue weighted by Gasteiger charge is -2.16. The maximum absolute atomic E-state index is 14.0. The first-order valence-corrected chi connectivity index (χ1v) is 8.39. The summed E-state index contributed by atoms with van der Waals surface area (Å²) in [5, 5.41) is 19.9. The third-order valence-electron chi connectivity index (χ3n) is 3.68. The second-order valence-corrected chi connectivity index (χ2v) is 5.62. The average molecular weight is 401 g/mol. The van der Waals surface area contributed by atoms with E-state index in [0.29, 0.717) is 10.6 Å². The van der Waals surface area contributed by atoms with E-state index in [-0.39, 0.29) is 13.2 Å². The molecule has 2 aromatic rings. The van der Waals surface area contributed by atoms with Crippen molar-refractivity contribution in [2.45, 2.75) is 13.5 Å². The summed E-state index contributed by atoms with van der Waals surface area (Å²) in [4.78, 5) is 35.8. The van der Waals surface area contributed by atoms with E-state index >= 15 is 0 Å². The lowest BCUT2D eigenvalue weighted by Crippen LogP contribution is -2.36. The van der Waals surface area contributed by atoms with Crippen LogP contribution in [0.3, 0.4) is 0 Å². The quantitative estimate of drug-likeness (QED) is 0.378. The van der Waals surface area contributed by atoms with Crippen molar-refractivity contribution in [3.05, 3.63) is 75.1 Å². The second-order valence-electron chi connectivity index (χ2n) is 5.62. The number of halogens is 1. The van der Waals surface area contributed by atoms with Gasteiger partial charge in [-0.05, 0) is 18.6 Å². The average Bonchev–Trinajstić information content (AvgIpc) is 2.70. The molecule has 0 fully saturated rings. The van der Waals surface area contributed by atoms with E-state index in [1.54, 1.807) is 43.3 Å². The van der Waals surface area contributed by atoms with Gasteiger partial charge in [0.2, 0.25) is 0 Å². The van der Waals surface area contributed by atoms with Gasteiger partial charge in [-0.1, -0.05) is 35.3 Å². The third kappa shape index (κ3) is 5.49. The molecule has 0 aliphatic heterocycles. The van der Waals surface area contributed by atoms with Crippen LogP contribution in [0.25, 0.3) is 0 Å². The number of rotatable bonds is 8. The Kier molecular flexibility index (Phi) is 7.20. The maximum Gasteiger partial charge on any atom is 0.344 e. The van der Waals surface area contributed by atoms with E-state index in [9.17, 15) is 24.1 Å². The highest BCUT2D eigenvalue weighted by atomic mass is 19.1. The van der Waals surface area contributed by atoms with Gasteiger partial charge in [0.1, 0.15) is 24.2 Å². The van der Waals surface area contributed by atoms with E-state index in [2.05, 4.69) is 0 Å². The molecule has 0 heterocycles. The van der Waals surface area contributed by atoms with Gasteiger partial charge in [0.15, 0.2) is 11.6 Å². The minimum atomic E-state index is -1.13. The van der Waals surface area contributed by atoms with Crippen LogP contribution in [0.1, 0.15) is 28.4 Å². The lowest BCUT2D eigenvalue weighted by molar-refractivity contribution is -0.635. The number of nitrogens with zero attached hydrogens (tertiary/aromatic N) is 3. The molecular formula is C19H16FN3O6. The molecule has 0 N–H and O–H groups in total. The molecule has 0 spiro atoms. The monoisotopic (exact) mass is 401 g/mol. The molecule has 150 valence electrons. The molecule has 0 aliphatic rings. The van der Waals surface area contributed by atoms with Crippen LogP contribution in [0.4, 0.5) is 4.39 Å². The minimum Gasteiger partial charge on any atom is -0.481 e. The summed E-state index contributed by atoms with van der Waals surface area (Å²) in [6.45, 7) is 0.647. The van der Waals surface area contributed by atoms with Crippen LogP contribution in [0, 0.1) is 27.3 Å². The van der Waals surface area contributed by atoms with Gasteiger partial charge in [-0.3, -0.25) is 4.79 Å². The summed E-state index contributed by atoms with van der Waals surface area (Å²) < 4.78 is 23.8. The zero-order valence-electron chi connectivity index (χ0n) is 15.3. The molecule has 0 aliphatic carbocycles. The van der Waals surface area contributed by atoms with E-state index in [1.807, 2.05) is 0 Å². The molecule has 9 nitrogen and oxygen atoms in total. The Bertz CT molecular complexity index is 958. The fourth-order valence-corrected chi connectivity index (χ4v) is 2.37. The molecule has 0 saturated heterocycles. The van der Waals surface area contributed by atoms with Crippen LogP contribution in [0.5, 0.6) is 5.75 Å². The molecule has 0 bridgehead atoms. The number of ether oxygens (including phenoxy) is 2. The van der Waals surface area contributed by atoms with E-state index in [1.165, 1.54) is 0 Å². The Morgan fingerprint density at radius 1 is 1.28 bits per heavy atom. The summed E-state index contributed by atoms with van der Waals surface area (Å²) in [5.41, 5.74) is -0.450. The topological polar surface area (TPSA) is 123 Å². The van der Waals surface area contributed by atoms with Gasteiger partial charge in [-0.25, -0.2) is 19.3 Å². The Morgan fingerprint density at radius 2 is 1.97 bits per heavy atom. The Hall–Kier alpha value is -4.00. The van der Waals surface area contributed by atoms with Crippen LogP contribution >= 0.6 is 0 Å². The number of amides is 1. The van der Waals surface area contributed by atoms with Gasteiger partial charge in [0, 0.05) is 6.07 Å². The molecule has 10 heteroatoms. The highest BCUT2D eigenvalue weighted by molar-refractivity contribution is 5.96. The fourth-order valence-electron chi connectivity index (χ4n) is 2.37. The molecule has 2 rings (SSSR count). The van der Waals surface area contributed by atoms with Crippen molar-refractivity contribution in [2.75, 3.05) is 13.2 Å². The van der Waals surface area contributed by atoms with Gasteiger partial charge in [0.05, 0.1) is 17.7 Å². The summed E-state index contributed by atoms with van der Waals surface area (Å²) in [7, 11) is 0. The number of esters is 1. The van der Waals surface area contributed by atoms with Gasteiger partial charge >= 0.3 is 11.9 Å². The molecule has 0 saturated carbocycles. The van der Waals surface area contributed by atoms with Gasteiger partial charge in [0.25, 0.3) is 0 Å². The Labute approximate surface area is 165 Å². The van der Waals surface area contributed by atoms with Crippen LogP contribution in [-0.4, -0.2) is 35.1 Å². The van der Waals surface area contributed by atoms with Crippen molar-refractivity contribution >= 4 is 11.9 Å². The SMILES string of the molecule is CCOC(=O)COc1cc(F)c(C#N)cc1C(=O)N(Cc1ccccc1)[N+](=O)[O-]. The largest absolute Gasteiger partial charge is 0.481 e. The number of hydrazine groups is 1. The maximum atomic E-state index is 14.0. The molecule has 0 atom stereocenters. The number of nitro groups is 1. The van der Waals surface area contributed by atoms with Crippen molar-refractivity contribution in [1.29, 1.82) is 5.26 Å². The predicted molar refractivity (Wildman–Crippen MR) is 96.6 cm³/mol. The molecule has 0 unspecified atom stereocenters. The zero-order chi connectivity index (χ0) is 21.4. The van der Waals surface area contributed by atoms with E-state index in [4.69, 9.17) is 14.7 Å². The Balaban J connectivity index is 2.40. The van der Waals surface area contributed by atoms with Crippen molar-refractivity contribution in [3.63, 3.8) is 0 Å². The van der Waals surface area contributed by atoms with Crippen LogP contribution in [0.2, 0.25) is 0 Å². The number of hydrogen-bond acceptors (Lipinski definition) is 7. The lowest BCUT2D eigenvalue weighted by atomic mass is 10.1. The highest BCUT2D eigenvalue weighted by Crippen LogP contribution is 2.25. The third-order valence-corrected chi connectivity index (χ3v) is 3.68. The predicted octanol–water partition coefficient (Wildman–Crippen LogP) is 2.47. The van der Waals surface area contributed by atoms with Crippen molar-refractivity contribution in [3.8, 4) is 11.8 Å². The standard InChI is InChI=1S/C19H16FN3O6/c1-2-28-18(24)12-29-17-9-16(20)14(10-21)8-15(17)19(25)22(23(26)27)11-13-6-4-3-5-7-13/h3-9H,2,11-12H2,1H3. The number of hydrogen-bond donors (Lipinski definition) is 0. The number of carbonyl (C=O) groups is 2. The summed E-state index contributed by atoms with van der Waals surface area (Å²) in [6, 6.07) is 11.3. The molecule has 0 aromatic heterocycles. The first-order chi connectivity index (χ1) is 13.9. The molecule has 1 amide bonds. The Morgan fingerprint density at radius 3 is 2.55 bits per heavy atom. The van der Waals surface area contributed by atoms with Crippen molar-refractivity contribution in [2.24, 2.45) is 0 Å². The first kappa shape index (κ1) is 21.3. The second kappa shape index (κ2) is 9.80. The molecular weight excluding hydrogens is 385 g/mol. The normalized spacial score (nSPS) is 9.97. The number of carbonyl (C=O) groups excluding carboxylic acids is 2. The fraction of sp³-hybridized carbons (Fsp3) is 0.211. The van der Waals surface area contributed by atoms with Crippen molar-refractivity contribution < 1.29 is 28.5 Å². The van der Waals surface area contributed by atoms with Crippen LogP contribution < -0.4 is 4.74 Å². The number of benzene rings is 2. The van der Waals surface area contributed by atoms with E-state index in [0.717, 1.165) is 12.1 Å². The van der Waals surface area contributed by atoms with Crippen LogP contribution in [0.15, 0.2) is 42.5 Å². The van der Waals surface area contributed by atoms with Gasteiger partial charge < -0.3 is 9.47 Å². The molecule has 29 heavy (non-hydrogen) atoms. The summed E-state index contributed by atoms with van der Waals surface area (Å²) >= 11 is 0. The summed E-state index contributed by atoms with van der Waals surface area (Å²) in [6.07, 6.45) is 0. The molecule has 0 radical (unpaired) electrons. The highest BCUT2D eigenvalue weighted by Gasteiger charge is 2.30. The smallest absolute Gasteiger partial charge is 0.344 e. The van der Waals surface area contributed by atoms with Gasteiger partial charge in [-0.2, -0.15) is 5.26 Å². The minimum absolute atomic E-state index is 0.0852. The first-order valence-electron chi connectivity index (χ1n) is 8.39. The van der Waals surface area contributed by atoms with Crippen molar-refractivity contribution in [1.82, 2.24) is 5.01 Å². The zero-order valence-corrected chi connectivity index (χ0v) is 15.3. The van der Waals surface area contributed by atoms with Crippen LogP contribution in [-0.2, 0) is 16.1 Å². The number of nitriles is 1.